The second kappa shape index (κ2) is 10.7. The minimum atomic E-state index is -0.994. The fourth-order valence-corrected chi connectivity index (χ4v) is 3.72. The van der Waals surface area contributed by atoms with Gasteiger partial charge in [-0.3, -0.25) is 19.2 Å². The van der Waals surface area contributed by atoms with Crippen LogP contribution < -0.4 is 0 Å². The lowest BCUT2D eigenvalue weighted by molar-refractivity contribution is -0.146. The molecule has 1 aliphatic heterocycles. The van der Waals surface area contributed by atoms with E-state index in [0.717, 1.165) is 0 Å². The summed E-state index contributed by atoms with van der Waals surface area (Å²) in [4.78, 5) is 43.7. The van der Waals surface area contributed by atoms with Gasteiger partial charge in [0.2, 0.25) is 0 Å². The van der Waals surface area contributed by atoms with Crippen molar-refractivity contribution in [3.8, 4) is 0 Å². The third-order valence-corrected chi connectivity index (χ3v) is 4.91. The maximum atomic E-state index is 11.0. The Kier molecular flexibility index (Phi) is 9.04. The van der Waals surface area contributed by atoms with Gasteiger partial charge < -0.3 is 25.2 Å². The monoisotopic (exact) mass is 374 g/mol. The summed E-state index contributed by atoms with van der Waals surface area (Å²) < 4.78 is 5.76. The number of hydrogen-bond donors (Lipinski definition) is 4. The van der Waals surface area contributed by atoms with Gasteiger partial charge in [-0.1, -0.05) is 0 Å². The molecule has 1 heterocycles. The zero-order valence-corrected chi connectivity index (χ0v) is 14.5. The minimum absolute atomic E-state index is 0.0803. The van der Waals surface area contributed by atoms with Crippen molar-refractivity contribution in [1.29, 1.82) is 0 Å². The summed E-state index contributed by atoms with van der Waals surface area (Å²) in [5.74, 6) is -4.63. The molecule has 0 radical (unpaired) electrons. The van der Waals surface area contributed by atoms with E-state index in [0.29, 0.717) is 6.42 Å². The van der Waals surface area contributed by atoms with Crippen LogP contribution in [0.3, 0.4) is 0 Å². The number of ether oxygens (including phenoxy) is 1. The molecule has 0 aromatic carbocycles. The van der Waals surface area contributed by atoms with E-state index in [-0.39, 0.29) is 69.3 Å². The average Bonchev–Trinajstić information content (AvgIpc) is 2.54. The molecule has 4 atom stereocenters. The van der Waals surface area contributed by atoms with Crippen molar-refractivity contribution in [2.45, 2.75) is 57.5 Å². The fraction of sp³-hybridized carbons (Fsp3) is 0.765. The largest absolute Gasteiger partial charge is 0.481 e. The molecule has 9 heteroatoms. The highest BCUT2D eigenvalue weighted by molar-refractivity contribution is 5.68. The molecule has 0 aliphatic carbocycles. The summed E-state index contributed by atoms with van der Waals surface area (Å²) >= 11 is 0. The molecule has 0 aromatic rings. The van der Waals surface area contributed by atoms with Crippen molar-refractivity contribution in [3.05, 3.63) is 0 Å². The van der Waals surface area contributed by atoms with Crippen molar-refractivity contribution in [3.63, 3.8) is 0 Å². The van der Waals surface area contributed by atoms with Crippen molar-refractivity contribution in [2.75, 3.05) is 6.61 Å². The summed E-state index contributed by atoms with van der Waals surface area (Å²) in [5, 5.41) is 35.8. The molecule has 1 rings (SSSR count). The van der Waals surface area contributed by atoms with Crippen LogP contribution in [0.4, 0.5) is 0 Å². The quantitative estimate of drug-likeness (QED) is 0.399. The van der Waals surface area contributed by atoms with Gasteiger partial charge in [0, 0.05) is 25.7 Å². The van der Waals surface area contributed by atoms with Crippen LogP contribution in [0.25, 0.3) is 0 Å². The maximum Gasteiger partial charge on any atom is 0.303 e. The van der Waals surface area contributed by atoms with Crippen molar-refractivity contribution in [1.82, 2.24) is 0 Å². The van der Waals surface area contributed by atoms with Gasteiger partial charge in [-0.25, -0.2) is 0 Å². The Labute approximate surface area is 151 Å². The molecule has 26 heavy (non-hydrogen) atoms. The van der Waals surface area contributed by atoms with Gasteiger partial charge in [0.05, 0.1) is 12.7 Å². The lowest BCUT2D eigenvalue weighted by Crippen LogP contribution is -2.43. The minimum Gasteiger partial charge on any atom is -0.481 e. The van der Waals surface area contributed by atoms with Crippen LogP contribution >= 0.6 is 0 Å². The first-order valence-corrected chi connectivity index (χ1v) is 8.69. The highest BCUT2D eigenvalue weighted by Gasteiger charge is 2.40. The number of hydrogen-bond acceptors (Lipinski definition) is 5. The maximum absolute atomic E-state index is 11.0. The van der Waals surface area contributed by atoms with Crippen molar-refractivity contribution >= 4 is 23.9 Å². The molecule has 0 saturated carbocycles. The first-order valence-electron chi connectivity index (χ1n) is 8.69. The molecule has 1 saturated heterocycles. The van der Waals surface area contributed by atoms with Crippen molar-refractivity contribution < 1.29 is 44.3 Å². The van der Waals surface area contributed by atoms with Gasteiger partial charge in [-0.15, -0.1) is 0 Å². The molecule has 0 aromatic heterocycles. The molecule has 0 amide bonds. The summed E-state index contributed by atoms with van der Waals surface area (Å²) in [5.41, 5.74) is 0. The molecule has 0 bridgehead atoms. The van der Waals surface area contributed by atoms with E-state index in [9.17, 15) is 19.2 Å². The smallest absolute Gasteiger partial charge is 0.303 e. The van der Waals surface area contributed by atoms with E-state index in [1.165, 1.54) is 0 Å². The van der Waals surface area contributed by atoms with Crippen LogP contribution in [-0.2, 0) is 23.9 Å². The zero-order chi connectivity index (χ0) is 19.7. The van der Waals surface area contributed by atoms with E-state index in [1.54, 1.807) is 0 Å². The standard InChI is InChI=1S/C17H26O9/c18-14(19)5-1-10-9-26-13(4-8-17(24)25)12(3-7-16(22)23)11(10)2-6-15(20)21/h10-13H,1-9H2,(H,18,19)(H,20,21)(H,22,23)(H,24,25)/t10-,11+,12-,13+/m1/s1. The second-order valence-electron chi connectivity index (χ2n) is 6.69. The van der Waals surface area contributed by atoms with Gasteiger partial charge in [0.25, 0.3) is 0 Å². The first kappa shape index (κ1) is 21.9. The number of rotatable bonds is 12. The molecule has 1 aliphatic rings. The molecule has 9 nitrogen and oxygen atoms in total. The Morgan fingerprint density at radius 3 is 1.58 bits per heavy atom. The molecule has 1 fully saturated rings. The third-order valence-electron chi connectivity index (χ3n) is 4.91. The number of aliphatic carboxylic acids is 4. The summed E-state index contributed by atoms with van der Waals surface area (Å²) in [6.07, 6.45) is 0.151. The highest BCUT2D eigenvalue weighted by atomic mass is 16.5. The van der Waals surface area contributed by atoms with Crippen LogP contribution in [0, 0.1) is 17.8 Å². The van der Waals surface area contributed by atoms with E-state index in [1.807, 2.05) is 0 Å². The number of carboxylic acid groups (broad SMARTS) is 4. The van der Waals surface area contributed by atoms with E-state index < -0.39 is 30.0 Å². The Bertz CT molecular complexity index is 470. The van der Waals surface area contributed by atoms with Crippen LogP contribution in [-0.4, -0.2) is 57.0 Å². The zero-order valence-electron chi connectivity index (χ0n) is 14.5. The summed E-state index contributed by atoms with van der Waals surface area (Å²) in [6, 6.07) is 0. The Balaban J connectivity index is 2.94. The highest BCUT2D eigenvalue weighted by Crippen LogP contribution is 2.41. The Hall–Kier alpha value is -2.16. The molecular formula is C17H26O9. The molecule has 148 valence electrons. The first-order chi connectivity index (χ1) is 12.2. The predicted octanol–water partition coefficient (Wildman–Crippen LogP) is 1.69. The summed E-state index contributed by atoms with van der Waals surface area (Å²) in [7, 11) is 0. The van der Waals surface area contributed by atoms with Crippen LogP contribution in [0.15, 0.2) is 0 Å². The van der Waals surface area contributed by atoms with Gasteiger partial charge in [0.1, 0.15) is 0 Å². The third kappa shape index (κ3) is 7.81. The Morgan fingerprint density at radius 2 is 1.08 bits per heavy atom. The number of carboxylic acids is 4. The predicted molar refractivity (Wildman–Crippen MR) is 87.7 cm³/mol. The normalized spacial score (nSPS) is 25.5. The summed E-state index contributed by atoms with van der Waals surface area (Å²) in [6.45, 7) is 0.228. The Morgan fingerprint density at radius 1 is 0.654 bits per heavy atom. The van der Waals surface area contributed by atoms with Gasteiger partial charge in [0.15, 0.2) is 0 Å². The van der Waals surface area contributed by atoms with Crippen molar-refractivity contribution in [2.24, 2.45) is 17.8 Å². The van der Waals surface area contributed by atoms with Gasteiger partial charge in [-0.2, -0.15) is 0 Å². The fourth-order valence-electron chi connectivity index (χ4n) is 3.72. The molecule has 4 N–H and O–H groups in total. The van der Waals surface area contributed by atoms with E-state index in [2.05, 4.69) is 0 Å². The lowest BCUT2D eigenvalue weighted by Gasteiger charge is -2.43. The average molecular weight is 374 g/mol. The lowest BCUT2D eigenvalue weighted by atomic mass is 9.70. The molecular weight excluding hydrogens is 348 g/mol. The SMILES string of the molecule is O=C(O)CC[C@@H]1CO[C@@H](CCC(=O)O)[C@H](CCC(=O)O)[C@H]1CCC(=O)O. The number of carbonyl (C=O) groups is 4. The van der Waals surface area contributed by atoms with Crippen LogP contribution in [0.1, 0.15) is 51.4 Å². The van der Waals surface area contributed by atoms with Crippen LogP contribution in [0.5, 0.6) is 0 Å². The topological polar surface area (TPSA) is 158 Å². The van der Waals surface area contributed by atoms with Gasteiger partial charge in [-0.05, 0) is 43.4 Å². The van der Waals surface area contributed by atoms with E-state index >= 15 is 0 Å². The second-order valence-corrected chi connectivity index (χ2v) is 6.69. The van der Waals surface area contributed by atoms with Gasteiger partial charge >= 0.3 is 23.9 Å². The molecule has 0 spiro atoms. The molecule has 0 unspecified atom stereocenters. The van der Waals surface area contributed by atoms with Crippen LogP contribution in [0.2, 0.25) is 0 Å². The van der Waals surface area contributed by atoms with E-state index in [4.69, 9.17) is 25.2 Å².